The van der Waals surface area contributed by atoms with Gasteiger partial charge >= 0.3 is 0 Å². The fourth-order valence-electron chi connectivity index (χ4n) is 4.80. The molecule has 2 aromatic heterocycles. The molecule has 2 fully saturated rings. The van der Waals surface area contributed by atoms with Gasteiger partial charge in [-0.25, -0.2) is 8.42 Å². The van der Waals surface area contributed by atoms with Gasteiger partial charge in [-0.15, -0.1) is 11.3 Å². The summed E-state index contributed by atoms with van der Waals surface area (Å²) < 4.78 is 38.6. The molecule has 0 radical (unpaired) electrons. The number of aromatic nitrogens is 2. The van der Waals surface area contributed by atoms with Crippen molar-refractivity contribution in [3.8, 4) is 16.5 Å². The van der Waals surface area contributed by atoms with Crippen molar-refractivity contribution in [2.75, 3.05) is 38.6 Å². The van der Waals surface area contributed by atoms with E-state index in [1.807, 2.05) is 17.5 Å². The van der Waals surface area contributed by atoms with Gasteiger partial charge in [0.15, 0.2) is 0 Å². The quantitative estimate of drug-likeness (QED) is 0.454. The van der Waals surface area contributed by atoms with E-state index in [0.29, 0.717) is 55.6 Å². The lowest BCUT2D eigenvalue weighted by Gasteiger charge is -2.30. The largest absolute Gasteiger partial charge is 0.495 e. The van der Waals surface area contributed by atoms with E-state index >= 15 is 0 Å². The van der Waals surface area contributed by atoms with Gasteiger partial charge in [0.2, 0.25) is 27.6 Å². The van der Waals surface area contributed by atoms with Crippen LogP contribution in [0.5, 0.6) is 5.75 Å². The summed E-state index contributed by atoms with van der Waals surface area (Å²) in [6.45, 7) is 3.02. The Morgan fingerprint density at radius 1 is 1.16 bits per heavy atom. The average molecular weight is 546 g/mol. The molecule has 2 aliphatic heterocycles. The molecule has 1 aromatic carbocycles. The van der Waals surface area contributed by atoms with Crippen LogP contribution in [0.15, 0.2) is 45.1 Å². The van der Waals surface area contributed by atoms with E-state index in [1.54, 1.807) is 17.4 Å². The topological polar surface area (TPSA) is 118 Å². The summed E-state index contributed by atoms with van der Waals surface area (Å²) in [6.07, 6.45) is 4.11. The van der Waals surface area contributed by atoms with Crippen LogP contribution in [0.2, 0.25) is 0 Å². The molecule has 0 saturated carbocycles. The molecule has 4 heterocycles. The first kappa shape index (κ1) is 25.8. The van der Waals surface area contributed by atoms with Crippen LogP contribution in [0, 0.1) is 5.92 Å². The van der Waals surface area contributed by atoms with Gasteiger partial charge in [-0.1, -0.05) is 17.6 Å². The molecule has 10 nitrogen and oxygen atoms in total. The smallest absolute Gasteiger partial charge is 0.243 e. The molecule has 0 spiro atoms. The van der Waals surface area contributed by atoms with Gasteiger partial charge in [-0.2, -0.15) is 9.29 Å². The zero-order valence-electron chi connectivity index (χ0n) is 20.8. The number of carbonyl (C=O) groups is 1. The third kappa shape index (κ3) is 5.87. The van der Waals surface area contributed by atoms with Crippen molar-refractivity contribution in [2.24, 2.45) is 5.92 Å². The molecule has 1 amide bonds. The Morgan fingerprint density at radius 3 is 2.65 bits per heavy atom. The predicted molar refractivity (Wildman–Crippen MR) is 140 cm³/mol. The predicted octanol–water partition coefficient (Wildman–Crippen LogP) is 3.83. The molecule has 1 N–H and O–H groups in total. The third-order valence-corrected chi connectivity index (χ3v) is 9.67. The second-order valence-electron chi connectivity index (χ2n) is 9.36. The van der Waals surface area contributed by atoms with Crippen LogP contribution in [-0.2, 0) is 21.4 Å². The van der Waals surface area contributed by atoms with Crippen LogP contribution in [-0.4, -0.2) is 67.0 Å². The SMILES string of the molecule is COc1ccc(S(=O)(=O)N2CCCCC2)cc1NC(=O)C1CCN(Cc2nc(-c3cccs3)no2)CC1. The van der Waals surface area contributed by atoms with Crippen LogP contribution in [0.1, 0.15) is 38.0 Å². The zero-order chi connectivity index (χ0) is 25.8. The standard InChI is InChI=1S/C25H31N5O5S2/c1-34-21-8-7-19(37(32,33)30-11-3-2-4-12-30)16-20(21)26-25(31)18-9-13-29(14-10-18)17-23-27-24(28-35-23)22-6-5-15-36-22/h5-8,15-16,18H,2-4,9-14,17H2,1H3,(H,26,31). The maximum atomic E-state index is 13.1. The Morgan fingerprint density at radius 2 is 1.95 bits per heavy atom. The number of rotatable bonds is 8. The number of hydrogen-bond donors (Lipinski definition) is 1. The van der Waals surface area contributed by atoms with Crippen molar-refractivity contribution in [1.82, 2.24) is 19.3 Å². The summed E-state index contributed by atoms with van der Waals surface area (Å²) in [5.41, 5.74) is 0.375. The maximum absolute atomic E-state index is 13.1. The average Bonchev–Trinajstić information content (AvgIpc) is 3.62. The van der Waals surface area contributed by atoms with E-state index in [4.69, 9.17) is 9.26 Å². The van der Waals surface area contributed by atoms with Crippen molar-refractivity contribution < 1.29 is 22.5 Å². The Kier molecular flexibility index (Phi) is 7.89. The second-order valence-corrected chi connectivity index (χ2v) is 12.2. The molecular weight excluding hydrogens is 514 g/mol. The molecule has 37 heavy (non-hydrogen) atoms. The number of carbonyl (C=O) groups excluding carboxylic acids is 1. The summed E-state index contributed by atoms with van der Waals surface area (Å²) in [5, 5.41) is 8.96. The highest BCUT2D eigenvalue weighted by molar-refractivity contribution is 7.89. The van der Waals surface area contributed by atoms with E-state index < -0.39 is 10.0 Å². The molecule has 0 unspecified atom stereocenters. The highest BCUT2D eigenvalue weighted by atomic mass is 32.2. The van der Waals surface area contributed by atoms with Crippen LogP contribution in [0.3, 0.4) is 0 Å². The molecule has 0 aliphatic carbocycles. The lowest BCUT2D eigenvalue weighted by molar-refractivity contribution is -0.121. The molecular formula is C25H31N5O5S2. The van der Waals surface area contributed by atoms with Crippen molar-refractivity contribution in [2.45, 2.75) is 43.5 Å². The minimum Gasteiger partial charge on any atom is -0.495 e. The van der Waals surface area contributed by atoms with Gasteiger partial charge in [0.1, 0.15) is 5.75 Å². The van der Waals surface area contributed by atoms with Crippen LogP contribution in [0.4, 0.5) is 5.69 Å². The summed E-state index contributed by atoms with van der Waals surface area (Å²) in [6, 6.07) is 8.56. The molecule has 5 rings (SSSR count). The van der Waals surface area contributed by atoms with Crippen molar-refractivity contribution in [3.63, 3.8) is 0 Å². The minimum absolute atomic E-state index is 0.136. The first-order valence-electron chi connectivity index (χ1n) is 12.5. The highest BCUT2D eigenvalue weighted by Crippen LogP contribution is 2.31. The summed E-state index contributed by atoms with van der Waals surface area (Å²) in [7, 11) is -2.12. The lowest BCUT2D eigenvalue weighted by Crippen LogP contribution is -2.38. The van der Waals surface area contributed by atoms with Gasteiger partial charge in [0, 0.05) is 19.0 Å². The van der Waals surface area contributed by atoms with Crippen LogP contribution in [0.25, 0.3) is 10.7 Å². The Hall–Kier alpha value is -2.80. The summed E-state index contributed by atoms with van der Waals surface area (Å²) >= 11 is 1.56. The number of piperidine rings is 2. The van der Waals surface area contributed by atoms with Gasteiger partial charge in [0.05, 0.1) is 29.1 Å². The maximum Gasteiger partial charge on any atom is 0.243 e. The molecule has 0 atom stereocenters. The third-order valence-electron chi connectivity index (χ3n) is 6.91. The van der Waals surface area contributed by atoms with Gasteiger partial charge in [0.25, 0.3) is 0 Å². The normalized spacial score (nSPS) is 18.1. The molecule has 2 saturated heterocycles. The first-order valence-corrected chi connectivity index (χ1v) is 14.8. The Balaban J connectivity index is 1.19. The molecule has 0 bridgehead atoms. The molecule has 2 aliphatic rings. The van der Waals surface area contributed by atoms with E-state index in [9.17, 15) is 13.2 Å². The van der Waals surface area contributed by atoms with Gasteiger partial charge in [-0.05, 0) is 68.4 Å². The highest BCUT2D eigenvalue weighted by Gasteiger charge is 2.29. The van der Waals surface area contributed by atoms with E-state index in [1.165, 1.54) is 23.5 Å². The molecule has 12 heteroatoms. The fraction of sp³-hybridized carbons (Fsp3) is 0.480. The van der Waals surface area contributed by atoms with Gasteiger partial charge < -0.3 is 14.6 Å². The number of nitrogens with one attached hydrogen (secondary N) is 1. The van der Waals surface area contributed by atoms with Gasteiger partial charge in [-0.3, -0.25) is 9.69 Å². The van der Waals surface area contributed by atoms with E-state index in [-0.39, 0.29) is 16.7 Å². The minimum atomic E-state index is -3.62. The number of thiophene rings is 1. The zero-order valence-corrected chi connectivity index (χ0v) is 22.4. The number of sulfonamides is 1. The van der Waals surface area contributed by atoms with E-state index in [2.05, 4.69) is 20.4 Å². The number of nitrogens with zero attached hydrogens (tertiary/aromatic N) is 4. The first-order chi connectivity index (χ1) is 17.9. The number of hydrogen-bond acceptors (Lipinski definition) is 9. The summed E-state index contributed by atoms with van der Waals surface area (Å²) in [5.74, 6) is 1.26. The Bertz CT molecular complexity index is 1310. The number of benzene rings is 1. The number of amides is 1. The van der Waals surface area contributed by atoms with Crippen LogP contribution < -0.4 is 10.1 Å². The lowest BCUT2D eigenvalue weighted by atomic mass is 9.96. The van der Waals surface area contributed by atoms with E-state index in [0.717, 1.165) is 37.2 Å². The summed E-state index contributed by atoms with van der Waals surface area (Å²) in [4.78, 5) is 20.9. The molecule has 3 aromatic rings. The number of anilines is 1. The van der Waals surface area contributed by atoms with Crippen LogP contribution >= 0.6 is 11.3 Å². The number of likely N-dealkylation sites (tertiary alicyclic amines) is 1. The number of methoxy groups -OCH3 is 1. The fourth-order valence-corrected chi connectivity index (χ4v) is 7.00. The monoisotopic (exact) mass is 545 g/mol. The second kappa shape index (κ2) is 11.3. The Labute approximate surface area is 220 Å². The van der Waals surface area contributed by atoms with Crippen molar-refractivity contribution in [1.29, 1.82) is 0 Å². The number of ether oxygens (including phenoxy) is 1. The van der Waals surface area contributed by atoms with Crippen molar-refractivity contribution in [3.05, 3.63) is 41.6 Å². The molecule has 198 valence electrons. The van der Waals surface area contributed by atoms with Crippen molar-refractivity contribution >= 4 is 33.0 Å².